The molecule has 3 aliphatic heterocycles. The van der Waals surface area contributed by atoms with Crippen LogP contribution in [0.2, 0.25) is 0 Å². The molecule has 2 saturated heterocycles. The van der Waals surface area contributed by atoms with Crippen LogP contribution in [0.15, 0.2) is 59.7 Å². The maximum absolute atomic E-state index is 16.2. The molecule has 1 amide bonds. The topological polar surface area (TPSA) is 137 Å². The highest BCUT2D eigenvalue weighted by Gasteiger charge is 2.33. The number of allylic oxidation sites excluding steroid dienone is 1. The van der Waals surface area contributed by atoms with Gasteiger partial charge in [-0.3, -0.25) is 9.71 Å². The summed E-state index contributed by atoms with van der Waals surface area (Å²) in [4.78, 5) is 25.1. The summed E-state index contributed by atoms with van der Waals surface area (Å²) in [5.74, 6) is -2.91. The Bertz CT molecular complexity index is 1850. The molecular formula is C32H39F2N9O4S. The van der Waals surface area contributed by atoms with Gasteiger partial charge in [-0.2, -0.15) is 17.8 Å². The average molecular weight is 684 g/mol. The number of piperazine rings is 1. The number of amides is 1. The van der Waals surface area contributed by atoms with Crippen molar-refractivity contribution in [3.05, 3.63) is 66.4 Å². The molecule has 0 bridgehead atoms. The first-order chi connectivity index (χ1) is 22.7. The van der Waals surface area contributed by atoms with Gasteiger partial charge in [0.1, 0.15) is 17.1 Å². The molecule has 0 spiro atoms. The van der Waals surface area contributed by atoms with Crippen molar-refractivity contribution in [2.24, 2.45) is 4.99 Å². The Hall–Kier alpha value is -4.57. The third kappa shape index (κ3) is 6.99. The van der Waals surface area contributed by atoms with Crippen molar-refractivity contribution in [3.63, 3.8) is 0 Å². The number of aromatic nitrogens is 3. The van der Waals surface area contributed by atoms with Gasteiger partial charge in [0, 0.05) is 93.7 Å². The first-order valence-corrected chi connectivity index (χ1v) is 17.2. The number of nitrogens with zero attached hydrogens (tertiary/aromatic N) is 7. The molecule has 256 valence electrons. The van der Waals surface area contributed by atoms with Crippen molar-refractivity contribution < 1.29 is 26.7 Å². The predicted octanol–water partition coefficient (Wildman–Crippen LogP) is 4.34. The molecular weight excluding hydrogens is 644 g/mol. The van der Waals surface area contributed by atoms with Gasteiger partial charge in [0.15, 0.2) is 5.82 Å². The number of carbonyl (C=O) groups excluding carboxylic acids is 1. The quantitative estimate of drug-likeness (QED) is 0.376. The first kappa shape index (κ1) is 33.3. The molecule has 13 nitrogen and oxygen atoms in total. The second-order valence-electron chi connectivity index (χ2n) is 13.0. The van der Waals surface area contributed by atoms with Crippen LogP contribution in [0.4, 0.5) is 19.3 Å². The van der Waals surface area contributed by atoms with Crippen molar-refractivity contribution in [1.29, 1.82) is 0 Å². The molecule has 0 radical (unpaired) electrons. The number of carbonyl (C=O) groups is 1. The van der Waals surface area contributed by atoms with Crippen LogP contribution in [-0.4, -0.2) is 94.5 Å². The Morgan fingerprint density at radius 1 is 1.02 bits per heavy atom. The lowest BCUT2D eigenvalue weighted by Gasteiger charge is -2.38. The largest absolute Gasteiger partial charge is 0.444 e. The summed E-state index contributed by atoms with van der Waals surface area (Å²) in [5, 5.41) is 8.05. The van der Waals surface area contributed by atoms with Gasteiger partial charge >= 0.3 is 16.3 Å². The lowest BCUT2D eigenvalue weighted by atomic mass is 10.0. The van der Waals surface area contributed by atoms with Crippen molar-refractivity contribution in [1.82, 2.24) is 34.2 Å². The number of pyridine rings is 1. The minimum atomic E-state index is -4.08. The van der Waals surface area contributed by atoms with E-state index in [1.54, 1.807) is 55.0 Å². The van der Waals surface area contributed by atoms with E-state index in [2.05, 4.69) is 19.9 Å². The van der Waals surface area contributed by atoms with Gasteiger partial charge in [0.05, 0.1) is 17.6 Å². The van der Waals surface area contributed by atoms with Gasteiger partial charge in [0.2, 0.25) is 5.79 Å². The van der Waals surface area contributed by atoms with E-state index in [1.165, 1.54) is 8.99 Å². The number of aliphatic imine (C=N–C) groups is 1. The van der Waals surface area contributed by atoms with E-state index in [4.69, 9.17) is 14.8 Å². The first-order valence-electron chi connectivity index (χ1n) is 15.8. The maximum atomic E-state index is 16.2. The van der Waals surface area contributed by atoms with E-state index in [-0.39, 0.29) is 17.2 Å². The Balaban J connectivity index is 1.27. The van der Waals surface area contributed by atoms with Crippen LogP contribution in [-0.2, 0) is 20.7 Å². The number of ether oxygens (including phenoxy) is 1. The molecule has 16 heteroatoms. The predicted molar refractivity (Wildman–Crippen MR) is 177 cm³/mol. The van der Waals surface area contributed by atoms with Crippen LogP contribution >= 0.6 is 0 Å². The highest BCUT2D eigenvalue weighted by atomic mass is 32.2. The SMILES string of the molecule is CC(C)(C)OC(=O)N1CCN(C2=CNC(C)(n3cc(-c4cc(F)cc(NS(=O)(=O)N5CCCC5)c4F)c(-c4ccncc4)n3)N=C2)CC1. The molecule has 2 aromatic heterocycles. The highest BCUT2D eigenvalue weighted by Crippen LogP contribution is 2.37. The lowest BCUT2D eigenvalue weighted by molar-refractivity contribution is 0.0172. The molecule has 3 aromatic rings. The van der Waals surface area contributed by atoms with Crippen LogP contribution in [0.25, 0.3) is 22.4 Å². The van der Waals surface area contributed by atoms with E-state index in [9.17, 15) is 13.2 Å². The minimum absolute atomic E-state index is 0.172. The summed E-state index contributed by atoms with van der Waals surface area (Å²) >= 11 is 0. The Morgan fingerprint density at radius 2 is 1.71 bits per heavy atom. The summed E-state index contributed by atoms with van der Waals surface area (Å²) in [6.07, 6.45) is 9.24. The number of anilines is 1. The second kappa shape index (κ2) is 12.8. The molecule has 2 fully saturated rings. The molecule has 2 N–H and O–H groups in total. The van der Waals surface area contributed by atoms with E-state index in [0.717, 1.165) is 17.8 Å². The monoisotopic (exact) mass is 683 g/mol. The highest BCUT2D eigenvalue weighted by molar-refractivity contribution is 7.90. The summed E-state index contributed by atoms with van der Waals surface area (Å²) in [6, 6.07) is 5.24. The third-order valence-electron chi connectivity index (χ3n) is 8.32. The molecule has 0 aliphatic carbocycles. The molecule has 48 heavy (non-hydrogen) atoms. The van der Waals surface area contributed by atoms with Gasteiger partial charge in [-0.05, 0) is 51.8 Å². The smallest absolute Gasteiger partial charge is 0.410 e. The number of nitrogens with one attached hydrogen (secondary N) is 2. The Labute approximate surface area is 278 Å². The van der Waals surface area contributed by atoms with Gasteiger partial charge in [-0.1, -0.05) is 0 Å². The van der Waals surface area contributed by atoms with Gasteiger partial charge in [-0.15, -0.1) is 0 Å². The molecule has 1 atom stereocenters. The summed E-state index contributed by atoms with van der Waals surface area (Å²) in [6.45, 7) is 10.0. The Morgan fingerprint density at radius 3 is 2.33 bits per heavy atom. The lowest BCUT2D eigenvalue weighted by Crippen LogP contribution is -2.51. The standard InChI is InChI=1S/C32H39F2N9O4S/c1-31(2,3)47-30(44)41-15-13-40(14-16-41)24-19-36-32(4,37-20-24)43-21-26(29(38-43)22-7-9-35-10-8-22)25-17-23(33)18-27(28(25)34)39-48(45,46)42-11-5-6-12-42/h7-10,17-21,36,39H,5-6,11-16H2,1-4H3. The van der Waals surface area contributed by atoms with Crippen molar-refractivity contribution in [3.8, 4) is 22.4 Å². The normalized spacial score (nSPS) is 20.4. The van der Waals surface area contributed by atoms with E-state index in [0.29, 0.717) is 63.4 Å². The zero-order valence-electron chi connectivity index (χ0n) is 27.3. The van der Waals surface area contributed by atoms with E-state index < -0.39 is 38.9 Å². The number of rotatable bonds is 7. The van der Waals surface area contributed by atoms with Crippen LogP contribution in [0, 0.1) is 11.6 Å². The van der Waals surface area contributed by atoms with Crippen molar-refractivity contribution in [2.45, 2.75) is 51.9 Å². The molecule has 3 aliphatic rings. The maximum Gasteiger partial charge on any atom is 0.410 e. The fourth-order valence-electron chi connectivity index (χ4n) is 5.76. The number of benzene rings is 1. The molecule has 1 aromatic carbocycles. The van der Waals surface area contributed by atoms with Gasteiger partial charge in [-0.25, -0.2) is 23.2 Å². The van der Waals surface area contributed by atoms with Crippen molar-refractivity contribution in [2.75, 3.05) is 44.0 Å². The molecule has 5 heterocycles. The average Bonchev–Trinajstić information content (AvgIpc) is 3.75. The van der Waals surface area contributed by atoms with E-state index >= 15 is 8.78 Å². The zero-order chi connectivity index (χ0) is 34.3. The Kier molecular flexibility index (Phi) is 8.89. The fourth-order valence-corrected chi connectivity index (χ4v) is 7.05. The minimum Gasteiger partial charge on any atom is -0.444 e. The van der Waals surface area contributed by atoms with Gasteiger partial charge < -0.3 is 19.9 Å². The number of hydrogen-bond donors (Lipinski definition) is 2. The van der Waals surface area contributed by atoms with Crippen LogP contribution in [0.3, 0.4) is 0 Å². The number of hydrogen-bond acceptors (Lipinski definition) is 9. The van der Waals surface area contributed by atoms with Crippen LogP contribution < -0.4 is 10.0 Å². The van der Waals surface area contributed by atoms with Crippen LogP contribution in [0.1, 0.15) is 40.5 Å². The molecule has 6 rings (SSSR count). The zero-order valence-corrected chi connectivity index (χ0v) is 28.1. The summed E-state index contributed by atoms with van der Waals surface area (Å²) < 4.78 is 67.6. The molecule has 1 unspecified atom stereocenters. The molecule has 0 saturated carbocycles. The number of halogens is 2. The third-order valence-corrected chi connectivity index (χ3v) is 9.85. The van der Waals surface area contributed by atoms with Gasteiger partial charge in [0.25, 0.3) is 0 Å². The second-order valence-corrected chi connectivity index (χ2v) is 14.7. The summed E-state index contributed by atoms with van der Waals surface area (Å²) in [5.41, 5.74) is 0.707. The van der Waals surface area contributed by atoms with E-state index in [1.807, 2.05) is 20.8 Å². The van der Waals surface area contributed by atoms with Crippen LogP contribution in [0.5, 0.6) is 0 Å². The fraction of sp³-hybridized carbons (Fsp3) is 0.438. The van der Waals surface area contributed by atoms with Crippen molar-refractivity contribution >= 4 is 28.2 Å². The summed E-state index contributed by atoms with van der Waals surface area (Å²) in [7, 11) is -4.08.